The zero-order valence-corrected chi connectivity index (χ0v) is 58.8. The van der Waals surface area contributed by atoms with Crippen molar-refractivity contribution in [1.82, 2.24) is 106 Å². The zero-order valence-electron chi connectivity index (χ0n) is 57.2. The van der Waals surface area contributed by atoms with E-state index in [0.29, 0.717) is 71.9 Å². The number of nitrogens with one attached hydrogen (secondary N) is 2. The van der Waals surface area contributed by atoms with Gasteiger partial charge < -0.3 is 29.6 Å². The highest BCUT2D eigenvalue weighted by Gasteiger charge is 2.16. The Morgan fingerprint density at radius 1 is 0.455 bits per heavy atom. The fourth-order valence-electron chi connectivity index (χ4n) is 8.87. The molecule has 28 nitrogen and oxygen atoms in total. The van der Waals surface area contributed by atoms with Crippen molar-refractivity contribution in [3.63, 3.8) is 0 Å². The Bertz CT molecular complexity index is 4500. The first kappa shape index (κ1) is 73.3. The smallest absolute Gasteiger partial charge is 0.255 e. The molecule has 0 unspecified atom stereocenters. The first-order valence-corrected chi connectivity index (χ1v) is 32.1. The molecule has 2 N–H and O–H groups in total. The Balaban J connectivity index is 0.000000158. The maximum absolute atomic E-state index is 13.8. The summed E-state index contributed by atoms with van der Waals surface area (Å²) >= 11 is 3.50. The summed E-state index contributed by atoms with van der Waals surface area (Å²) in [6.07, 6.45) is 0. The molecular formula is C69H78BrFN22O6. The minimum atomic E-state index is -0.458. The molecule has 12 rings (SSSR count). The molecule has 0 bridgehead atoms. The number of benzene rings is 7. The minimum Gasteiger partial charge on any atom is -0.493 e. The van der Waals surface area contributed by atoms with Crippen LogP contribution in [0.3, 0.4) is 0 Å². The molecule has 30 heteroatoms. The SMILES string of the molecule is CC(C)COc1ccc(-c2nnnn2C)cc1.CC(C)COc1ccc(-c2nnnn2C)cc1Br.COc1cc(-c2nnnn2C)ccc1OCC(C)C.Cc1ccc(NC(=O)c2ccc(-c3nnnn3C)cc2)c(F)c1.Cn1nnnc1-c1ccc(C(=O)NCc2ccccc2)cc1. The molecule has 514 valence electrons. The van der Waals surface area contributed by atoms with E-state index in [4.69, 9.17) is 18.9 Å². The van der Waals surface area contributed by atoms with Gasteiger partial charge in [-0.25, -0.2) is 27.8 Å². The maximum Gasteiger partial charge on any atom is 0.255 e. The molecule has 0 radical (unpaired) electrons. The second-order valence-electron chi connectivity index (χ2n) is 23.5. The van der Waals surface area contributed by atoms with Crippen LogP contribution in [0.25, 0.3) is 56.9 Å². The van der Waals surface area contributed by atoms with E-state index in [1.807, 2.05) is 117 Å². The molecule has 0 aliphatic heterocycles. The summed E-state index contributed by atoms with van der Waals surface area (Å²) in [4.78, 5) is 24.3. The molecule has 7 aromatic carbocycles. The van der Waals surface area contributed by atoms with Crippen molar-refractivity contribution in [2.24, 2.45) is 53.0 Å². The van der Waals surface area contributed by atoms with E-state index in [0.717, 1.165) is 78.9 Å². The van der Waals surface area contributed by atoms with Crippen molar-refractivity contribution in [3.05, 3.63) is 190 Å². The second kappa shape index (κ2) is 36.0. The van der Waals surface area contributed by atoms with E-state index in [-0.39, 0.29) is 17.5 Å². The Hall–Kier alpha value is -11.6. The Kier molecular flexibility index (Phi) is 26.6. The molecule has 0 saturated carbocycles. The molecule has 12 aromatic rings. The summed E-state index contributed by atoms with van der Waals surface area (Å²) < 4.78 is 45.1. The van der Waals surface area contributed by atoms with Gasteiger partial charge in [0.15, 0.2) is 40.6 Å². The lowest BCUT2D eigenvalue weighted by Gasteiger charge is -2.13. The normalized spacial score (nSPS) is 10.7. The lowest BCUT2D eigenvalue weighted by atomic mass is 10.1. The number of carbonyl (C=O) groups is 2. The summed E-state index contributed by atoms with van der Waals surface area (Å²) in [6.45, 7) is 17.1. The number of aryl methyl sites for hydroxylation is 6. The lowest BCUT2D eigenvalue weighted by Crippen LogP contribution is -2.22. The number of rotatable bonds is 20. The quantitative estimate of drug-likeness (QED) is 0.0716. The number of hydrogen-bond acceptors (Lipinski definition) is 21. The van der Waals surface area contributed by atoms with E-state index in [9.17, 15) is 14.0 Å². The van der Waals surface area contributed by atoms with Crippen LogP contribution in [-0.2, 0) is 41.8 Å². The number of carbonyl (C=O) groups excluding carboxylic acids is 2. The first-order chi connectivity index (χ1) is 47.6. The Morgan fingerprint density at radius 2 is 0.848 bits per heavy atom. The van der Waals surface area contributed by atoms with Gasteiger partial charge in [0, 0.05) is 80.7 Å². The average Bonchev–Trinajstić information content (AvgIpc) is 1.85. The highest BCUT2D eigenvalue weighted by molar-refractivity contribution is 9.10. The molecule has 2 amide bonds. The van der Waals surface area contributed by atoms with Crippen LogP contribution in [0, 0.1) is 30.5 Å². The first-order valence-electron chi connectivity index (χ1n) is 31.3. The third-order valence-corrected chi connectivity index (χ3v) is 14.7. The number of anilines is 1. The van der Waals surface area contributed by atoms with Crippen LogP contribution in [-0.4, -0.2) is 140 Å². The van der Waals surface area contributed by atoms with E-state index in [2.05, 4.69) is 146 Å². The second-order valence-corrected chi connectivity index (χ2v) is 24.4. The van der Waals surface area contributed by atoms with Crippen molar-refractivity contribution in [1.29, 1.82) is 0 Å². The van der Waals surface area contributed by atoms with Gasteiger partial charge in [-0.15, -0.1) is 25.5 Å². The van der Waals surface area contributed by atoms with Crippen molar-refractivity contribution in [2.45, 2.75) is 55.0 Å². The van der Waals surface area contributed by atoms with E-state index in [1.165, 1.54) is 10.7 Å². The zero-order chi connectivity index (χ0) is 71.0. The van der Waals surface area contributed by atoms with Gasteiger partial charge in [0.25, 0.3) is 11.8 Å². The van der Waals surface area contributed by atoms with Gasteiger partial charge in [0.05, 0.1) is 37.1 Å². The van der Waals surface area contributed by atoms with Gasteiger partial charge in [-0.3, -0.25) is 9.59 Å². The fraction of sp³-hybridized carbons (Fsp3) is 0.290. The van der Waals surface area contributed by atoms with Crippen molar-refractivity contribution < 1.29 is 32.9 Å². The summed E-state index contributed by atoms with van der Waals surface area (Å²) in [5.41, 5.74) is 7.52. The fourth-order valence-corrected chi connectivity index (χ4v) is 9.36. The van der Waals surface area contributed by atoms with Gasteiger partial charge in [0.1, 0.15) is 17.3 Å². The molecule has 99 heavy (non-hydrogen) atoms. The number of aromatic nitrogens is 20. The van der Waals surface area contributed by atoms with Crippen LogP contribution in [0.15, 0.2) is 162 Å². The number of ether oxygens (including phenoxy) is 4. The third-order valence-electron chi connectivity index (χ3n) is 14.0. The molecule has 0 aliphatic rings. The summed E-state index contributed by atoms with van der Waals surface area (Å²) in [5.74, 6) is 7.10. The summed E-state index contributed by atoms with van der Waals surface area (Å²) in [7, 11) is 10.6. The molecule has 0 atom stereocenters. The van der Waals surface area contributed by atoms with Gasteiger partial charge in [0.2, 0.25) is 0 Å². The lowest BCUT2D eigenvalue weighted by molar-refractivity contribution is 0.0950. The van der Waals surface area contributed by atoms with E-state index < -0.39 is 5.82 Å². The Labute approximate surface area is 580 Å². The van der Waals surface area contributed by atoms with Crippen molar-refractivity contribution in [2.75, 3.05) is 32.2 Å². The predicted octanol–water partition coefficient (Wildman–Crippen LogP) is 10.9. The van der Waals surface area contributed by atoms with Crippen LogP contribution < -0.4 is 29.6 Å². The van der Waals surface area contributed by atoms with Crippen LogP contribution in [0.5, 0.6) is 23.0 Å². The van der Waals surface area contributed by atoms with Crippen LogP contribution in [0.4, 0.5) is 10.1 Å². The minimum absolute atomic E-state index is 0.105. The monoisotopic (exact) mass is 1410 g/mol. The standard InChI is InChI=1S/C16H14FN5O.C16H15N5O.C13H18N4O2.C12H15BrN4O.C12H16N4O/c1-10-3-8-14(13(17)9-10)18-16(23)12-6-4-11(5-7-12)15-19-20-21-22(15)2;1-21-15(18-19-20-21)13-7-9-14(10-8-13)16(22)17-11-12-5-3-2-4-6-12;1-9(2)8-19-11-6-5-10(7-12(11)18-4)13-14-15-16-17(13)3;1-8(2)7-18-11-5-4-9(6-10(11)13)12-14-15-16-17(12)3;1-9(2)8-17-11-6-4-10(5-7-11)12-13-14-15-16(12)3/h3-9H,1-2H3,(H,18,23);2-10H,11H2,1H3,(H,17,22);5-7,9H,8H2,1-4H3;4-6,8H,7H2,1-3H3;4-7,9H,8H2,1-3H3. The van der Waals surface area contributed by atoms with Gasteiger partial charge in [-0.1, -0.05) is 102 Å². The largest absolute Gasteiger partial charge is 0.493 e. The third kappa shape index (κ3) is 21.5. The maximum atomic E-state index is 13.8. The van der Waals surface area contributed by atoms with Crippen molar-refractivity contribution >= 4 is 33.4 Å². The predicted molar refractivity (Wildman–Crippen MR) is 373 cm³/mol. The highest BCUT2D eigenvalue weighted by Crippen LogP contribution is 2.33. The van der Waals surface area contributed by atoms with Gasteiger partial charge >= 0.3 is 0 Å². The van der Waals surface area contributed by atoms with Gasteiger partial charge in [-0.2, -0.15) is 0 Å². The summed E-state index contributed by atoms with van der Waals surface area (Å²) in [5, 5.41) is 62.2. The van der Waals surface area contributed by atoms with Crippen molar-refractivity contribution in [3.8, 4) is 79.9 Å². The number of nitrogens with zero attached hydrogens (tertiary/aromatic N) is 20. The van der Waals surface area contributed by atoms with Crippen LogP contribution in [0.2, 0.25) is 0 Å². The topological polar surface area (TPSA) is 313 Å². The molecule has 5 aromatic heterocycles. The number of hydrogen-bond donors (Lipinski definition) is 2. The number of methoxy groups -OCH3 is 1. The molecule has 0 saturated heterocycles. The Morgan fingerprint density at radius 3 is 1.26 bits per heavy atom. The molecule has 0 spiro atoms. The molecule has 0 fully saturated rings. The number of amides is 2. The molecular weight excluding hydrogens is 1330 g/mol. The van der Waals surface area contributed by atoms with E-state index in [1.54, 1.807) is 102 Å². The highest BCUT2D eigenvalue weighted by atomic mass is 79.9. The van der Waals surface area contributed by atoms with Gasteiger partial charge in [-0.05, 0) is 201 Å². The number of tetrazole rings is 5. The summed E-state index contributed by atoms with van der Waals surface area (Å²) in [6, 6.07) is 47.7. The van der Waals surface area contributed by atoms with Crippen LogP contribution >= 0.6 is 15.9 Å². The van der Waals surface area contributed by atoms with E-state index >= 15 is 0 Å². The average molecular weight is 1410 g/mol. The van der Waals surface area contributed by atoms with Crippen LogP contribution in [0.1, 0.15) is 73.4 Å². The molecule has 5 heterocycles. The number of halogens is 2. The molecule has 0 aliphatic carbocycles.